The summed E-state index contributed by atoms with van der Waals surface area (Å²) in [5.41, 5.74) is 2.51. The van der Waals surface area contributed by atoms with Crippen molar-refractivity contribution in [1.29, 1.82) is 0 Å². The van der Waals surface area contributed by atoms with Crippen LogP contribution in [0.3, 0.4) is 0 Å². The van der Waals surface area contributed by atoms with E-state index in [1.165, 1.54) is 6.07 Å². The van der Waals surface area contributed by atoms with E-state index in [2.05, 4.69) is 21.2 Å². The molecule has 1 N–H and O–H groups in total. The lowest BCUT2D eigenvalue weighted by atomic mass is 10.2. The van der Waals surface area contributed by atoms with Gasteiger partial charge in [-0.15, -0.1) is 0 Å². The monoisotopic (exact) mass is 327 g/mol. The van der Waals surface area contributed by atoms with Crippen molar-refractivity contribution in [2.45, 2.75) is 13.5 Å². The van der Waals surface area contributed by atoms with Gasteiger partial charge < -0.3 is 5.32 Å². The molecule has 0 aliphatic carbocycles. The molecule has 0 amide bonds. The van der Waals surface area contributed by atoms with Crippen LogP contribution in [0.4, 0.5) is 10.1 Å². The molecule has 0 unspecified atom stereocenters. The third-order valence-corrected chi connectivity index (χ3v) is 3.41. The van der Waals surface area contributed by atoms with E-state index in [-0.39, 0.29) is 5.82 Å². The van der Waals surface area contributed by atoms with Crippen molar-refractivity contribution >= 4 is 33.2 Å². The first-order chi connectivity index (χ1) is 8.56. The molecule has 1 nitrogen and oxygen atoms in total. The Kier molecular flexibility index (Phi) is 4.25. The van der Waals surface area contributed by atoms with E-state index < -0.39 is 0 Å². The summed E-state index contributed by atoms with van der Waals surface area (Å²) in [5, 5.41) is 3.78. The van der Waals surface area contributed by atoms with Crippen LogP contribution in [0.2, 0.25) is 5.02 Å². The van der Waals surface area contributed by atoms with Gasteiger partial charge in [-0.3, -0.25) is 0 Å². The van der Waals surface area contributed by atoms with E-state index in [4.69, 9.17) is 11.6 Å². The first-order valence-corrected chi connectivity index (χ1v) is 6.67. The lowest BCUT2D eigenvalue weighted by Crippen LogP contribution is -2.02. The Bertz CT molecular complexity index is 520. The molecule has 0 aliphatic rings. The quantitative estimate of drug-likeness (QED) is 0.820. The van der Waals surface area contributed by atoms with Gasteiger partial charge in [0.05, 0.1) is 10.7 Å². The highest BCUT2D eigenvalue weighted by atomic mass is 79.9. The number of anilines is 1. The molecule has 4 heteroatoms. The first kappa shape index (κ1) is 13.4. The molecule has 0 heterocycles. The zero-order valence-corrected chi connectivity index (χ0v) is 12.1. The molecule has 2 rings (SSSR count). The van der Waals surface area contributed by atoms with E-state index in [9.17, 15) is 4.39 Å². The summed E-state index contributed by atoms with van der Waals surface area (Å²) in [6, 6.07) is 10.8. The molecule has 0 spiro atoms. The second-order valence-corrected chi connectivity index (χ2v) is 5.40. The van der Waals surface area contributed by atoms with Gasteiger partial charge in [-0.25, -0.2) is 4.39 Å². The SMILES string of the molecule is Cc1ccc(NCc2ccc(Br)cc2F)c(Cl)c1. The minimum absolute atomic E-state index is 0.236. The molecule has 2 aromatic rings. The van der Waals surface area contributed by atoms with E-state index in [1.807, 2.05) is 31.2 Å². The standard InChI is InChI=1S/C14H12BrClFN/c1-9-2-5-14(12(16)6-9)18-8-10-3-4-11(15)7-13(10)17/h2-7,18H,8H2,1H3. The Labute approximate surface area is 119 Å². The van der Waals surface area contributed by atoms with Gasteiger partial charge in [-0.05, 0) is 36.8 Å². The lowest BCUT2D eigenvalue weighted by molar-refractivity contribution is 0.612. The second-order valence-electron chi connectivity index (χ2n) is 4.07. The maximum atomic E-state index is 13.6. The number of rotatable bonds is 3. The number of aryl methyl sites for hydroxylation is 1. The van der Waals surface area contributed by atoms with Gasteiger partial charge in [-0.2, -0.15) is 0 Å². The van der Waals surface area contributed by atoms with Gasteiger partial charge >= 0.3 is 0 Å². The lowest BCUT2D eigenvalue weighted by Gasteiger charge is -2.10. The maximum Gasteiger partial charge on any atom is 0.129 e. The van der Waals surface area contributed by atoms with Crippen LogP contribution in [-0.4, -0.2) is 0 Å². The summed E-state index contributed by atoms with van der Waals surface area (Å²) < 4.78 is 14.3. The number of hydrogen-bond acceptors (Lipinski definition) is 1. The fraction of sp³-hybridized carbons (Fsp3) is 0.143. The molecule has 0 saturated carbocycles. The van der Waals surface area contributed by atoms with Gasteiger partial charge in [0.25, 0.3) is 0 Å². The molecule has 18 heavy (non-hydrogen) atoms. The highest BCUT2D eigenvalue weighted by Crippen LogP contribution is 2.24. The third kappa shape index (κ3) is 3.24. The van der Waals surface area contributed by atoms with Gasteiger partial charge in [0, 0.05) is 16.6 Å². The normalized spacial score (nSPS) is 10.4. The van der Waals surface area contributed by atoms with Crippen LogP contribution >= 0.6 is 27.5 Å². The number of nitrogens with one attached hydrogen (secondary N) is 1. The summed E-state index contributed by atoms with van der Waals surface area (Å²) in [4.78, 5) is 0. The molecule has 0 aromatic heterocycles. The Hall–Kier alpha value is -1.06. The first-order valence-electron chi connectivity index (χ1n) is 5.50. The number of benzene rings is 2. The molecule has 94 valence electrons. The van der Waals surface area contributed by atoms with Crippen LogP contribution < -0.4 is 5.32 Å². The molecule has 0 aliphatic heterocycles. The van der Waals surface area contributed by atoms with Crippen molar-refractivity contribution in [2.24, 2.45) is 0 Å². The molecule has 0 fully saturated rings. The van der Waals surface area contributed by atoms with Crippen molar-refractivity contribution in [3.8, 4) is 0 Å². The van der Waals surface area contributed by atoms with Crippen molar-refractivity contribution in [1.82, 2.24) is 0 Å². The van der Waals surface area contributed by atoms with Crippen molar-refractivity contribution < 1.29 is 4.39 Å². The fourth-order valence-corrected chi connectivity index (χ4v) is 2.25. The molecule has 0 saturated heterocycles. The summed E-state index contributed by atoms with van der Waals surface area (Å²) in [7, 11) is 0. The zero-order chi connectivity index (χ0) is 13.1. The largest absolute Gasteiger partial charge is 0.380 e. The molecule has 0 atom stereocenters. The highest BCUT2D eigenvalue weighted by Gasteiger charge is 2.04. The Morgan fingerprint density at radius 3 is 2.67 bits per heavy atom. The van der Waals surface area contributed by atoms with Gasteiger partial charge in [0.15, 0.2) is 0 Å². The van der Waals surface area contributed by atoms with Crippen LogP contribution in [-0.2, 0) is 6.54 Å². The molecule has 0 radical (unpaired) electrons. The van der Waals surface area contributed by atoms with E-state index in [0.29, 0.717) is 17.1 Å². The second kappa shape index (κ2) is 5.72. The third-order valence-electron chi connectivity index (χ3n) is 2.61. The summed E-state index contributed by atoms with van der Waals surface area (Å²) >= 11 is 9.33. The van der Waals surface area contributed by atoms with E-state index >= 15 is 0 Å². The molecule has 2 aromatic carbocycles. The summed E-state index contributed by atoms with van der Waals surface area (Å²) in [5.74, 6) is -0.236. The molecular formula is C14H12BrClFN. The average Bonchev–Trinajstić information content (AvgIpc) is 2.30. The Balaban J connectivity index is 2.11. The minimum Gasteiger partial charge on any atom is -0.380 e. The van der Waals surface area contributed by atoms with Crippen LogP contribution in [0, 0.1) is 12.7 Å². The topological polar surface area (TPSA) is 12.0 Å². The zero-order valence-electron chi connectivity index (χ0n) is 9.81. The smallest absolute Gasteiger partial charge is 0.129 e. The van der Waals surface area contributed by atoms with Crippen molar-refractivity contribution in [2.75, 3.05) is 5.32 Å². The highest BCUT2D eigenvalue weighted by molar-refractivity contribution is 9.10. The summed E-state index contributed by atoms with van der Waals surface area (Å²) in [6.45, 7) is 2.38. The summed E-state index contributed by atoms with van der Waals surface area (Å²) in [6.07, 6.45) is 0. The number of hydrogen-bond donors (Lipinski definition) is 1. The minimum atomic E-state index is -0.236. The van der Waals surface area contributed by atoms with Gasteiger partial charge in [-0.1, -0.05) is 39.7 Å². The van der Waals surface area contributed by atoms with Gasteiger partial charge in [0.2, 0.25) is 0 Å². The van der Waals surface area contributed by atoms with Crippen molar-refractivity contribution in [3.63, 3.8) is 0 Å². The Morgan fingerprint density at radius 2 is 2.00 bits per heavy atom. The average molecular weight is 329 g/mol. The maximum absolute atomic E-state index is 13.6. The number of halogens is 3. The van der Waals surface area contributed by atoms with Crippen LogP contribution in [0.25, 0.3) is 0 Å². The van der Waals surface area contributed by atoms with Crippen molar-refractivity contribution in [3.05, 3.63) is 62.8 Å². The fourth-order valence-electron chi connectivity index (χ4n) is 1.62. The van der Waals surface area contributed by atoms with Gasteiger partial charge in [0.1, 0.15) is 5.82 Å². The predicted molar refractivity (Wildman–Crippen MR) is 77.6 cm³/mol. The Morgan fingerprint density at radius 1 is 1.22 bits per heavy atom. The molecule has 0 bridgehead atoms. The van der Waals surface area contributed by atoms with Crippen LogP contribution in [0.5, 0.6) is 0 Å². The molecular weight excluding hydrogens is 317 g/mol. The van der Waals surface area contributed by atoms with Crippen LogP contribution in [0.1, 0.15) is 11.1 Å². The van der Waals surface area contributed by atoms with Crippen LogP contribution in [0.15, 0.2) is 40.9 Å². The predicted octanol–water partition coefficient (Wildman–Crippen LogP) is 5.16. The van der Waals surface area contributed by atoms with E-state index in [0.717, 1.165) is 15.7 Å². The van der Waals surface area contributed by atoms with E-state index in [1.54, 1.807) is 6.07 Å².